The zero-order valence-corrected chi connectivity index (χ0v) is 19.9. The highest BCUT2D eigenvalue weighted by molar-refractivity contribution is 7.90. The summed E-state index contributed by atoms with van der Waals surface area (Å²) < 4.78 is 33.4. The second-order valence-corrected chi connectivity index (χ2v) is 10.4. The van der Waals surface area contributed by atoms with Crippen LogP contribution in [0.5, 0.6) is 5.88 Å². The molecule has 9 heteroatoms. The number of benzene rings is 1. The SMILES string of the molecule is CC(Cc1ccccc1)Oc1nc(C(C)(C)C)ccc1C(=O)NS(=O)(=O)c1cccc(N)n1. The summed E-state index contributed by atoms with van der Waals surface area (Å²) in [5.41, 5.74) is 7.07. The lowest BCUT2D eigenvalue weighted by Crippen LogP contribution is -2.32. The third kappa shape index (κ3) is 6.29. The van der Waals surface area contributed by atoms with E-state index in [2.05, 4.69) is 9.97 Å². The van der Waals surface area contributed by atoms with Crippen LogP contribution in [-0.4, -0.2) is 30.4 Å². The molecule has 0 saturated carbocycles. The van der Waals surface area contributed by atoms with Gasteiger partial charge in [-0.3, -0.25) is 4.79 Å². The maximum Gasteiger partial charge on any atom is 0.281 e. The van der Waals surface area contributed by atoms with E-state index in [9.17, 15) is 13.2 Å². The Labute approximate surface area is 194 Å². The summed E-state index contributed by atoms with van der Waals surface area (Å²) >= 11 is 0. The van der Waals surface area contributed by atoms with Crippen LogP contribution in [0.1, 0.15) is 49.3 Å². The number of carbonyl (C=O) groups excluding carboxylic acids is 1. The number of ether oxygens (including phenoxy) is 1. The molecule has 1 atom stereocenters. The molecule has 33 heavy (non-hydrogen) atoms. The van der Waals surface area contributed by atoms with Crippen LogP contribution in [0, 0.1) is 0 Å². The van der Waals surface area contributed by atoms with Crippen molar-refractivity contribution in [1.29, 1.82) is 0 Å². The number of pyridine rings is 2. The molecule has 2 aromatic heterocycles. The molecule has 2 heterocycles. The molecule has 3 N–H and O–H groups in total. The van der Waals surface area contributed by atoms with Gasteiger partial charge in [0.2, 0.25) is 5.88 Å². The summed E-state index contributed by atoms with van der Waals surface area (Å²) in [7, 11) is -4.24. The molecule has 1 amide bonds. The third-order valence-corrected chi connectivity index (χ3v) is 6.03. The predicted octanol–water partition coefficient (Wildman–Crippen LogP) is 3.49. The monoisotopic (exact) mass is 468 g/mol. The number of rotatable bonds is 7. The Bertz CT molecular complexity index is 1240. The van der Waals surface area contributed by atoms with Gasteiger partial charge in [-0.25, -0.2) is 14.7 Å². The summed E-state index contributed by atoms with van der Waals surface area (Å²) in [6, 6.07) is 17.1. The molecule has 0 bridgehead atoms. The molecule has 0 aliphatic heterocycles. The minimum atomic E-state index is -4.24. The van der Waals surface area contributed by atoms with Crippen molar-refractivity contribution >= 4 is 21.7 Å². The smallest absolute Gasteiger partial charge is 0.281 e. The number of amides is 1. The van der Waals surface area contributed by atoms with Crippen LogP contribution in [0.3, 0.4) is 0 Å². The molecule has 3 rings (SSSR count). The van der Waals surface area contributed by atoms with E-state index in [1.807, 2.05) is 62.7 Å². The van der Waals surface area contributed by atoms with E-state index in [1.54, 1.807) is 6.07 Å². The molecular formula is C24H28N4O4S. The van der Waals surface area contributed by atoms with Gasteiger partial charge in [0.25, 0.3) is 15.9 Å². The molecule has 0 spiro atoms. The van der Waals surface area contributed by atoms with Gasteiger partial charge in [-0.1, -0.05) is 57.2 Å². The first-order valence-corrected chi connectivity index (χ1v) is 12.0. The lowest BCUT2D eigenvalue weighted by molar-refractivity contribution is 0.0973. The first kappa shape index (κ1) is 24.2. The van der Waals surface area contributed by atoms with E-state index in [1.165, 1.54) is 24.3 Å². The fourth-order valence-corrected chi connectivity index (χ4v) is 4.05. The molecule has 1 unspecified atom stereocenters. The Morgan fingerprint density at radius 2 is 1.73 bits per heavy atom. The van der Waals surface area contributed by atoms with Crippen molar-refractivity contribution in [1.82, 2.24) is 14.7 Å². The van der Waals surface area contributed by atoms with Crippen molar-refractivity contribution in [2.24, 2.45) is 0 Å². The molecule has 0 fully saturated rings. The van der Waals surface area contributed by atoms with Gasteiger partial charge >= 0.3 is 0 Å². The number of nitrogens with one attached hydrogen (secondary N) is 1. The fraction of sp³-hybridized carbons (Fsp3) is 0.292. The van der Waals surface area contributed by atoms with Gasteiger partial charge in [0.1, 0.15) is 17.5 Å². The second-order valence-electron chi connectivity index (χ2n) is 8.75. The minimum absolute atomic E-state index is 0.00962. The number of hydrogen-bond donors (Lipinski definition) is 2. The van der Waals surface area contributed by atoms with Crippen molar-refractivity contribution < 1.29 is 17.9 Å². The highest BCUT2D eigenvalue weighted by Gasteiger charge is 2.26. The molecule has 0 aliphatic rings. The predicted molar refractivity (Wildman–Crippen MR) is 126 cm³/mol. The maximum atomic E-state index is 13.0. The zero-order valence-electron chi connectivity index (χ0n) is 19.1. The van der Waals surface area contributed by atoms with Crippen molar-refractivity contribution in [3.8, 4) is 5.88 Å². The van der Waals surface area contributed by atoms with Gasteiger partial charge < -0.3 is 10.5 Å². The summed E-state index contributed by atoms with van der Waals surface area (Å²) in [5.74, 6) is -0.770. The van der Waals surface area contributed by atoms with Crippen LogP contribution in [0.15, 0.2) is 65.7 Å². The Morgan fingerprint density at radius 3 is 2.36 bits per heavy atom. The number of carbonyl (C=O) groups is 1. The standard InChI is InChI=1S/C24H28N4O4S/c1-16(15-17-9-6-5-7-10-17)32-23-18(13-14-19(26-23)24(2,3)4)22(29)28-33(30,31)21-12-8-11-20(25)27-21/h5-14,16H,15H2,1-4H3,(H2,25,27)(H,28,29). The molecular weight excluding hydrogens is 440 g/mol. The normalized spacial score (nSPS) is 12.7. The first-order chi connectivity index (χ1) is 15.5. The number of anilines is 1. The molecule has 174 valence electrons. The van der Waals surface area contributed by atoms with Gasteiger partial charge in [-0.2, -0.15) is 8.42 Å². The van der Waals surface area contributed by atoms with Crippen LogP contribution < -0.4 is 15.2 Å². The van der Waals surface area contributed by atoms with Crippen molar-refractivity contribution in [2.45, 2.75) is 50.7 Å². The van der Waals surface area contributed by atoms with Crippen LogP contribution in [0.25, 0.3) is 0 Å². The molecule has 0 aliphatic carbocycles. The summed E-state index contributed by atoms with van der Waals surface area (Å²) in [6.07, 6.45) is 0.281. The molecule has 3 aromatic rings. The van der Waals surface area contributed by atoms with E-state index in [-0.39, 0.29) is 33.8 Å². The maximum absolute atomic E-state index is 13.0. The quantitative estimate of drug-likeness (QED) is 0.544. The largest absolute Gasteiger partial charge is 0.474 e. The Balaban J connectivity index is 1.90. The van der Waals surface area contributed by atoms with Crippen LogP contribution in [0.2, 0.25) is 0 Å². The summed E-state index contributed by atoms with van der Waals surface area (Å²) in [4.78, 5) is 21.3. The van der Waals surface area contributed by atoms with Crippen LogP contribution >= 0.6 is 0 Å². The number of aromatic nitrogens is 2. The van der Waals surface area contributed by atoms with Gasteiger partial charge in [-0.05, 0) is 36.8 Å². The molecule has 1 aromatic carbocycles. The number of sulfonamides is 1. The highest BCUT2D eigenvalue weighted by Crippen LogP contribution is 2.26. The van der Waals surface area contributed by atoms with Gasteiger partial charge in [0.05, 0.1) is 0 Å². The molecule has 0 saturated heterocycles. The van der Waals surface area contributed by atoms with Crippen molar-refractivity contribution in [2.75, 3.05) is 5.73 Å². The van der Waals surface area contributed by atoms with Crippen molar-refractivity contribution in [3.63, 3.8) is 0 Å². The number of nitrogens with two attached hydrogens (primary N) is 1. The third-order valence-electron chi connectivity index (χ3n) is 4.80. The van der Waals surface area contributed by atoms with Gasteiger partial charge in [0, 0.05) is 17.5 Å². The van der Waals surface area contributed by atoms with E-state index in [4.69, 9.17) is 10.5 Å². The summed E-state index contributed by atoms with van der Waals surface area (Å²) in [6.45, 7) is 7.83. The van der Waals surface area contributed by atoms with Crippen molar-refractivity contribution in [3.05, 3.63) is 77.5 Å². The zero-order chi connectivity index (χ0) is 24.2. The molecule has 8 nitrogen and oxygen atoms in total. The number of nitrogen functional groups attached to an aromatic ring is 1. The molecule has 0 radical (unpaired) electrons. The average molecular weight is 469 g/mol. The number of hydrogen-bond acceptors (Lipinski definition) is 7. The topological polar surface area (TPSA) is 124 Å². The van der Waals surface area contributed by atoms with E-state index in [0.717, 1.165) is 5.56 Å². The van der Waals surface area contributed by atoms with Gasteiger partial charge in [0.15, 0.2) is 5.03 Å². The lowest BCUT2D eigenvalue weighted by atomic mass is 9.91. The van der Waals surface area contributed by atoms with E-state index >= 15 is 0 Å². The van der Waals surface area contributed by atoms with E-state index in [0.29, 0.717) is 12.1 Å². The first-order valence-electron chi connectivity index (χ1n) is 10.5. The summed E-state index contributed by atoms with van der Waals surface area (Å²) in [5, 5.41) is -0.352. The van der Waals surface area contributed by atoms with E-state index < -0.39 is 15.9 Å². The average Bonchev–Trinajstić information content (AvgIpc) is 2.73. The Morgan fingerprint density at radius 1 is 1.03 bits per heavy atom. The highest BCUT2D eigenvalue weighted by atomic mass is 32.2. The Hall–Kier alpha value is -3.46. The van der Waals surface area contributed by atoms with Gasteiger partial charge in [-0.15, -0.1) is 0 Å². The lowest BCUT2D eigenvalue weighted by Gasteiger charge is -2.22. The van der Waals surface area contributed by atoms with Crippen LogP contribution in [0.4, 0.5) is 5.82 Å². The second kappa shape index (κ2) is 9.58. The van der Waals surface area contributed by atoms with Crippen LogP contribution in [-0.2, 0) is 21.9 Å². The minimum Gasteiger partial charge on any atom is -0.474 e. The number of nitrogens with zero attached hydrogens (tertiary/aromatic N) is 2. The fourth-order valence-electron chi connectivity index (χ4n) is 3.11. The Kier molecular flexibility index (Phi) is 7.02.